The average molecular weight is 671 g/mol. The number of hydrogen-bond acceptors (Lipinski definition) is 2. The second-order valence-electron chi connectivity index (χ2n) is 12.8. The summed E-state index contributed by atoms with van der Waals surface area (Å²) in [5.74, 6) is 0. The van der Waals surface area contributed by atoms with Crippen LogP contribution in [0.5, 0.6) is 0 Å². The lowest BCUT2D eigenvalue weighted by atomic mass is 9.95. The minimum atomic E-state index is -0.500. The molecule has 0 fully saturated rings. The summed E-state index contributed by atoms with van der Waals surface area (Å²) in [6.07, 6.45) is 0. The molecule has 0 N–H and O–H groups in total. The van der Waals surface area contributed by atoms with E-state index in [1.54, 1.807) is 4.90 Å². The summed E-state index contributed by atoms with van der Waals surface area (Å²) in [4.78, 5) is 1.80. The number of para-hydroxylation sites is 1. The van der Waals surface area contributed by atoms with Gasteiger partial charge in [0.15, 0.2) is 0 Å². The smallest absolute Gasteiger partial charge is 0.143 e. The Morgan fingerprint density at radius 1 is 0.404 bits per heavy atom. The number of furan rings is 1. The van der Waals surface area contributed by atoms with E-state index in [0.717, 1.165) is 60.5 Å². The monoisotopic (exact) mass is 670 g/mol. The second-order valence-corrected chi connectivity index (χ2v) is 12.8. The van der Waals surface area contributed by atoms with Crippen LogP contribution in [-0.4, -0.2) is 0 Å². The highest BCUT2D eigenvalue weighted by molar-refractivity contribution is 6.20. The van der Waals surface area contributed by atoms with E-state index in [9.17, 15) is 2.74 Å². The summed E-state index contributed by atoms with van der Waals surface area (Å²) >= 11 is 0. The first-order valence-corrected chi connectivity index (χ1v) is 17.2. The molecule has 2 nitrogen and oxygen atoms in total. The third-order valence-corrected chi connectivity index (χ3v) is 9.79. The minimum Gasteiger partial charge on any atom is -0.455 e. The van der Waals surface area contributed by atoms with Gasteiger partial charge in [-0.25, -0.2) is 0 Å². The van der Waals surface area contributed by atoms with Crippen molar-refractivity contribution in [2.24, 2.45) is 0 Å². The van der Waals surface area contributed by atoms with Gasteiger partial charge in [-0.3, -0.25) is 0 Å². The average Bonchev–Trinajstić information content (AvgIpc) is 3.68. The fourth-order valence-corrected chi connectivity index (χ4v) is 7.32. The third-order valence-electron chi connectivity index (χ3n) is 9.79. The molecule has 10 aromatic rings. The summed E-state index contributed by atoms with van der Waals surface area (Å²) in [7, 11) is 0. The van der Waals surface area contributed by atoms with Gasteiger partial charge < -0.3 is 9.32 Å². The number of fused-ring (bicyclic) bond motifs is 6. The summed E-state index contributed by atoms with van der Waals surface area (Å²) in [6, 6.07) is 49.3. The van der Waals surface area contributed by atoms with Crippen LogP contribution >= 0.6 is 0 Å². The van der Waals surface area contributed by atoms with Crippen LogP contribution in [0.1, 0.15) is 9.60 Å². The van der Waals surface area contributed by atoms with Crippen LogP contribution in [0.25, 0.3) is 76.9 Å². The Labute approximate surface area is 312 Å². The van der Waals surface area contributed by atoms with Crippen LogP contribution in [0.2, 0.25) is 0 Å². The van der Waals surface area contributed by atoms with Gasteiger partial charge in [0.2, 0.25) is 0 Å². The predicted octanol–water partition coefficient (Wildman–Crippen LogP) is 14.4. The molecule has 0 spiro atoms. The highest BCUT2D eigenvalue weighted by Crippen LogP contribution is 2.47. The van der Waals surface area contributed by atoms with Crippen LogP contribution in [-0.2, 0) is 0 Å². The first kappa shape index (κ1) is 23.5. The van der Waals surface area contributed by atoms with Crippen molar-refractivity contribution < 1.29 is 14.0 Å². The van der Waals surface area contributed by atoms with Gasteiger partial charge in [0.05, 0.1) is 21.0 Å². The molecule has 1 heterocycles. The SMILES string of the molecule is [2H]c1c([2H])c([2H])c2c(N(c3ccc(-c4ccc(-c5ccccc5)cc4)cc3)c3ccccc3-c3cccc4oc5c6ccccc6ccc5c34)c([2H])c([2H])c([2H])c2c1[2H]. The normalized spacial score (nSPS) is 13.3. The van der Waals surface area contributed by atoms with Gasteiger partial charge >= 0.3 is 0 Å². The topological polar surface area (TPSA) is 16.4 Å². The van der Waals surface area contributed by atoms with Gasteiger partial charge in [0, 0.05) is 32.8 Å². The maximum Gasteiger partial charge on any atom is 0.143 e. The van der Waals surface area contributed by atoms with Crippen molar-refractivity contribution in [3.63, 3.8) is 0 Å². The zero-order chi connectivity index (χ0) is 40.5. The molecule has 9 aromatic carbocycles. The summed E-state index contributed by atoms with van der Waals surface area (Å²) in [5.41, 5.74) is 8.55. The van der Waals surface area contributed by atoms with Crippen molar-refractivity contribution in [3.8, 4) is 33.4 Å². The maximum atomic E-state index is 9.46. The molecule has 0 bridgehead atoms. The second kappa shape index (κ2) is 12.5. The van der Waals surface area contributed by atoms with Crippen molar-refractivity contribution in [2.45, 2.75) is 0 Å². The summed E-state index contributed by atoms with van der Waals surface area (Å²) in [5, 5.41) is 3.78. The van der Waals surface area contributed by atoms with Crippen LogP contribution in [0.15, 0.2) is 204 Å². The molecule has 0 saturated carbocycles. The molecular weight excluding hydrogens is 631 g/mol. The van der Waals surface area contributed by atoms with E-state index in [1.165, 1.54) is 0 Å². The first-order valence-electron chi connectivity index (χ1n) is 20.7. The van der Waals surface area contributed by atoms with Gasteiger partial charge in [0.1, 0.15) is 11.2 Å². The van der Waals surface area contributed by atoms with Crippen LogP contribution in [0.3, 0.4) is 0 Å². The molecule has 0 aliphatic heterocycles. The standard InChI is InChI=1S/C50H33NO/c1-2-12-34(13-3-1)35-24-26-36(27-25-35)37-28-31-40(32-29-37)51(46-22-10-16-38-14-4-6-17-41(38)46)47-21-9-8-19-43(47)44-20-11-23-48-49(44)45-33-30-39-15-5-7-18-42(39)50(45)52-48/h1-33H/i4D,6D,10D,14D,16D,17D,22D. The Kier molecular flexibility index (Phi) is 5.63. The zero-order valence-electron chi connectivity index (χ0n) is 34.9. The van der Waals surface area contributed by atoms with Crippen LogP contribution in [0.4, 0.5) is 17.1 Å². The van der Waals surface area contributed by atoms with Gasteiger partial charge in [-0.15, -0.1) is 0 Å². The molecule has 244 valence electrons. The van der Waals surface area contributed by atoms with Crippen molar-refractivity contribution in [1.29, 1.82) is 0 Å². The number of benzene rings is 9. The Bertz CT molecular complexity index is 3280. The van der Waals surface area contributed by atoms with Crippen molar-refractivity contribution in [3.05, 3.63) is 200 Å². The van der Waals surface area contributed by atoms with E-state index in [-0.39, 0.29) is 28.5 Å². The van der Waals surface area contributed by atoms with E-state index >= 15 is 0 Å². The van der Waals surface area contributed by atoms with E-state index in [2.05, 4.69) is 54.6 Å². The van der Waals surface area contributed by atoms with Gasteiger partial charge in [-0.2, -0.15) is 0 Å². The molecule has 1 aromatic heterocycles. The molecule has 0 saturated heterocycles. The quantitative estimate of drug-likeness (QED) is 0.175. The summed E-state index contributed by atoms with van der Waals surface area (Å²) in [6.45, 7) is 0. The highest BCUT2D eigenvalue weighted by atomic mass is 16.3. The molecule has 0 aliphatic rings. The lowest BCUT2D eigenvalue weighted by molar-refractivity contribution is 0.673. The van der Waals surface area contributed by atoms with Crippen molar-refractivity contribution >= 4 is 60.5 Å². The zero-order valence-corrected chi connectivity index (χ0v) is 27.9. The van der Waals surface area contributed by atoms with E-state index in [4.69, 9.17) is 11.3 Å². The van der Waals surface area contributed by atoms with Gasteiger partial charge in [-0.05, 0) is 75.0 Å². The highest BCUT2D eigenvalue weighted by Gasteiger charge is 2.22. The Morgan fingerprint density at radius 3 is 1.88 bits per heavy atom. The predicted molar refractivity (Wildman–Crippen MR) is 220 cm³/mol. The van der Waals surface area contributed by atoms with Gasteiger partial charge in [0.25, 0.3) is 0 Å². The molecule has 0 unspecified atom stereocenters. The van der Waals surface area contributed by atoms with E-state index in [1.807, 2.05) is 103 Å². The molecule has 2 heteroatoms. The third kappa shape index (κ3) is 5.04. The number of nitrogens with zero attached hydrogens (tertiary/aromatic N) is 1. The lowest BCUT2D eigenvalue weighted by Gasteiger charge is -2.29. The number of rotatable bonds is 6. The molecule has 0 amide bonds. The molecule has 0 radical (unpaired) electrons. The van der Waals surface area contributed by atoms with Crippen LogP contribution in [0, 0.1) is 0 Å². The van der Waals surface area contributed by atoms with E-state index < -0.39 is 30.2 Å². The Hall–Kier alpha value is -6.90. The van der Waals surface area contributed by atoms with Crippen LogP contribution < -0.4 is 4.90 Å². The van der Waals surface area contributed by atoms with Gasteiger partial charge in [-0.1, -0.05) is 164 Å². The fourth-order valence-electron chi connectivity index (χ4n) is 7.32. The molecule has 10 rings (SSSR count). The Morgan fingerprint density at radius 2 is 1.06 bits per heavy atom. The lowest BCUT2D eigenvalue weighted by Crippen LogP contribution is -2.11. The summed E-state index contributed by atoms with van der Waals surface area (Å²) < 4.78 is 69.1. The Balaban J connectivity index is 1.23. The molecule has 0 atom stereocenters. The van der Waals surface area contributed by atoms with Crippen molar-refractivity contribution in [2.75, 3.05) is 4.90 Å². The first-order chi connectivity index (χ1) is 28.7. The van der Waals surface area contributed by atoms with E-state index in [0.29, 0.717) is 17.0 Å². The largest absolute Gasteiger partial charge is 0.455 e. The molecular formula is C50H33NO. The molecule has 52 heavy (non-hydrogen) atoms. The number of anilines is 3. The minimum absolute atomic E-state index is 0.00387. The fraction of sp³-hybridized carbons (Fsp3) is 0. The number of hydrogen-bond donors (Lipinski definition) is 0. The maximum absolute atomic E-state index is 9.46. The van der Waals surface area contributed by atoms with Crippen molar-refractivity contribution in [1.82, 2.24) is 0 Å². The molecule has 0 aliphatic carbocycles.